The number of aryl methyl sites for hydroxylation is 1. The molecule has 0 bridgehead atoms. The van der Waals surface area contributed by atoms with Gasteiger partial charge in [-0.3, -0.25) is 4.21 Å². The number of benzene rings is 1. The molecule has 1 atom stereocenters. The molecule has 25 heavy (non-hydrogen) atoms. The maximum atomic E-state index is 9.70. The summed E-state index contributed by atoms with van der Waals surface area (Å²) in [6.45, 7) is 5.52. The van der Waals surface area contributed by atoms with Crippen molar-refractivity contribution in [1.82, 2.24) is 0 Å². The summed E-state index contributed by atoms with van der Waals surface area (Å²) in [4.78, 5) is 0. The summed E-state index contributed by atoms with van der Waals surface area (Å²) in [6.07, 6.45) is 13.5. The van der Waals surface area contributed by atoms with Gasteiger partial charge >= 0.3 is 0 Å². The summed E-state index contributed by atoms with van der Waals surface area (Å²) in [6, 6.07) is 8.75. The van der Waals surface area contributed by atoms with Crippen molar-refractivity contribution in [1.29, 1.82) is 0 Å². The van der Waals surface area contributed by atoms with E-state index in [2.05, 4.69) is 31.2 Å². The first-order chi connectivity index (χ1) is 12.0. The summed E-state index contributed by atoms with van der Waals surface area (Å²) >= 11 is -1.87. The third-order valence-corrected chi connectivity index (χ3v) is 5.23. The molecule has 0 saturated heterocycles. The zero-order valence-corrected chi connectivity index (χ0v) is 17.0. The molecule has 1 aliphatic carbocycles. The minimum absolute atomic E-state index is 0.231. The van der Waals surface area contributed by atoms with Gasteiger partial charge in [0.1, 0.15) is 5.75 Å². The lowest BCUT2D eigenvalue weighted by Crippen LogP contribution is -2.19. The van der Waals surface area contributed by atoms with E-state index in [1.54, 1.807) is 13.8 Å². The van der Waals surface area contributed by atoms with Crippen LogP contribution in [0.15, 0.2) is 24.3 Å². The molecule has 1 aromatic rings. The molecule has 0 aromatic heterocycles. The van der Waals surface area contributed by atoms with Crippen LogP contribution >= 0.6 is 0 Å². The van der Waals surface area contributed by atoms with Crippen molar-refractivity contribution >= 4 is 11.1 Å². The summed E-state index contributed by atoms with van der Waals surface area (Å²) < 4.78 is 25.5. The Hall–Kier alpha value is -0.870. The molecule has 0 aliphatic heterocycles. The fourth-order valence-electron chi connectivity index (χ4n) is 2.91. The topological polar surface area (TPSA) is 49.4 Å². The van der Waals surface area contributed by atoms with Crippen LogP contribution in [0.5, 0.6) is 5.75 Å². The number of hydrogen-bond donors (Lipinski definition) is 0. The van der Waals surface area contributed by atoms with Gasteiger partial charge in [0.2, 0.25) is 0 Å². The van der Waals surface area contributed by atoms with E-state index in [1.165, 1.54) is 69.8 Å². The van der Waals surface area contributed by atoms with Crippen LogP contribution < -0.4 is 4.74 Å². The third kappa shape index (κ3) is 10.7. The van der Waals surface area contributed by atoms with Crippen LogP contribution in [0.4, 0.5) is 0 Å². The van der Waals surface area contributed by atoms with E-state index in [0.717, 1.165) is 5.75 Å². The van der Waals surface area contributed by atoms with E-state index in [-0.39, 0.29) is 5.25 Å². The lowest BCUT2D eigenvalue weighted by Gasteiger charge is -2.23. The number of rotatable bonds is 8. The molecule has 1 fully saturated rings. The highest BCUT2D eigenvalue weighted by molar-refractivity contribution is 7.79. The Labute approximate surface area is 156 Å². The van der Waals surface area contributed by atoms with Crippen molar-refractivity contribution in [2.75, 3.05) is 0 Å². The first-order valence-electron chi connectivity index (χ1n) is 9.86. The molecule has 4 heteroatoms. The molecule has 0 radical (unpaired) electrons. The molecule has 0 heterocycles. The average molecular weight is 368 g/mol. The van der Waals surface area contributed by atoms with Crippen molar-refractivity contribution in [2.45, 2.75) is 96.3 Å². The number of ether oxygens (including phenoxy) is 1. The molecule has 144 valence electrons. The van der Waals surface area contributed by atoms with Gasteiger partial charge in [0.15, 0.2) is 0 Å². The molecular weight excluding hydrogens is 332 g/mol. The smallest absolute Gasteiger partial charge is 0.119 e. The highest BCUT2D eigenvalue weighted by Gasteiger charge is 2.14. The summed E-state index contributed by atoms with van der Waals surface area (Å²) in [5.74, 6) is 1.08. The Kier molecular flexibility index (Phi) is 11.8. The SMILES string of the molecule is CC(C)S(=O)[O-].CCCCCCc1cccc(OC2CCCCC2)c1. The van der Waals surface area contributed by atoms with E-state index in [4.69, 9.17) is 4.74 Å². The van der Waals surface area contributed by atoms with Gasteiger partial charge in [-0.15, -0.1) is 0 Å². The zero-order valence-electron chi connectivity index (χ0n) is 16.2. The molecule has 0 spiro atoms. The van der Waals surface area contributed by atoms with Gasteiger partial charge in [-0.2, -0.15) is 0 Å². The van der Waals surface area contributed by atoms with E-state index in [9.17, 15) is 8.76 Å². The molecule has 1 unspecified atom stereocenters. The molecule has 0 N–H and O–H groups in total. The van der Waals surface area contributed by atoms with Gasteiger partial charge in [-0.05, 0) is 56.2 Å². The third-order valence-electron chi connectivity index (χ3n) is 4.46. The van der Waals surface area contributed by atoms with E-state index >= 15 is 0 Å². The van der Waals surface area contributed by atoms with Crippen LogP contribution in [0.3, 0.4) is 0 Å². The van der Waals surface area contributed by atoms with Crippen LogP contribution in [0.25, 0.3) is 0 Å². The normalized spacial score (nSPS) is 16.2. The summed E-state index contributed by atoms with van der Waals surface area (Å²) in [7, 11) is 0. The van der Waals surface area contributed by atoms with Crippen LogP contribution in [0, 0.1) is 0 Å². The van der Waals surface area contributed by atoms with Crippen LogP contribution in [-0.4, -0.2) is 20.1 Å². The largest absolute Gasteiger partial charge is 0.772 e. The number of unbranched alkanes of at least 4 members (excludes halogenated alkanes) is 3. The van der Waals surface area contributed by atoms with E-state index in [1.807, 2.05) is 0 Å². The van der Waals surface area contributed by atoms with Crippen molar-refractivity contribution in [3.8, 4) is 5.75 Å². The Morgan fingerprint density at radius 2 is 1.84 bits per heavy atom. The molecule has 1 aromatic carbocycles. The monoisotopic (exact) mass is 367 g/mol. The van der Waals surface area contributed by atoms with Crippen molar-refractivity contribution < 1.29 is 13.5 Å². The first kappa shape index (κ1) is 22.2. The average Bonchev–Trinajstić information content (AvgIpc) is 2.60. The predicted molar refractivity (Wildman–Crippen MR) is 106 cm³/mol. The van der Waals surface area contributed by atoms with E-state index in [0.29, 0.717) is 6.10 Å². The highest BCUT2D eigenvalue weighted by atomic mass is 32.2. The Morgan fingerprint density at radius 1 is 1.16 bits per heavy atom. The molecule has 0 amide bonds. The molecule has 1 saturated carbocycles. The van der Waals surface area contributed by atoms with Crippen LogP contribution in [-0.2, 0) is 17.5 Å². The summed E-state index contributed by atoms with van der Waals surface area (Å²) in [5, 5.41) is -0.231. The second-order valence-electron chi connectivity index (χ2n) is 7.15. The maximum absolute atomic E-state index is 9.70. The Bertz CT molecular complexity index is 482. The lowest BCUT2D eigenvalue weighted by atomic mass is 9.98. The molecule has 3 nitrogen and oxygen atoms in total. The van der Waals surface area contributed by atoms with Crippen LogP contribution in [0.1, 0.15) is 84.1 Å². The Balaban J connectivity index is 0.000000450. The summed E-state index contributed by atoms with van der Waals surface area (Å²) in [5.41, 5.74) is 1.43. The molecular formula is C21H35O3S-. The minimum Gasteiger partial charge on any atom is -0.772 e. The quantitative estimate of drug-likeness (QED) is 0.431. The standard InChI is InChI=1S/C18H28O.C3H8O2S/c1-2-3-4-6-10-16-11-9-14-18(15-16)19-17-12-7-5-8-13-17;1-3(2)6(4)5/h9,11,14-15,17H,2-8,10,12-13H2,1H3;3H,1-2H3,(H,4,5)/p-1. The van der Waals surface area contributed by atoms with E-state index < -0.39 is 11.1 Å². The fraction of sp³-hybridized carbons (Fsp3) is 0.714. The van der Waals surface area contributed by atoms with Crippen molar-refractivity contribution in [3.63, 3.8) is 0 Å². The molecule has 2 rings (SSSR count). The fourth-order valence-corrected chi connectivity index (χ4v) is 2.91. The highest BCUT2D eigenvalue weighted by Crippen LogP contribution is 2.24. The van der Waals surface area contributed by atoms with Gasteiger partial charge in [0.05, 0.1) is 6.10 Å². The first-order valence-corrected chi connectivity index (χ1v) is 11.0. The Morgan fingerprint density at radius 3 is 2.44 bits per heavy atom. The molecule has 1 aliphatic rings. The lowest BCUT2D eigenvalue weighted by molar-refractivity contribution is 0.155. The van der Waals surface area contributed by atoms with Gasteiger partial charge in [-0.1, -0.05) is 69.7 Å². The van der Waals surface area contributed by atoms with Gasteiger partial charge in [-0.25, -0.2) is 0 Å². The van der Waals surface area contributed by atoms with Crippen molar-refractivity contribution in [3.05, 3.63) is 29.8 Å². The minimum atomic E-state index is -1.87. The predicted octanol–water partition coefficient (Wildman–Crippen LogP) is 5.79. The maximum Gasteiger partial charge on any atom is 0.119 e. The zero-order chi connectivity index (χ0) is 18.5. The second-order valence-corrected chi connectivity index (χ2v) is 8.61. The van der Waals surface area contributed by atoms with Gasteiger partial charge in [0, 0.05) is 5.25 Å². The second kappa shape index (κ2) is 13.3. The van der Waals surface area contributed by atoms with Gasteiger partial charge < -0.3 is 9.29 Å². The van der Waals surface area contributed by atoms with Crippen LogP contribution in [0.2, 0.25) is 0 Å². The number of hydrogen-bond acceptors (Lipinski definition) is 3. The van der Waals surface area contributed by atoms with Crippen molar-refractivity contribution in [2.24, 2.45) is 0 Å². The van der Waals surface area contributed by atoms with Gasteiger partial charge in [0.25, 0.3) is 0 Å².